The van der Waals surface area contributed by atoms with Gasteiger partial charge in [-0.05, 0) is 49.6 Å². The Bertz CT molecular complexity index is 461. The first-order valence-electron chi connectivity index (χ1n) is 6.77. The van der Waals surface area contributed by atoms with Crippen LogP contribution in [0.15, 0.2) is 16.6 Å². The molecule has 0 aromatic heterocycles. The fourth-order valence-electron chi connectivity index (χ4n) is 1.97. The average molecular weight is 343 g/mol. The lowest BCUT2D eigenvalue weighted by molar-refractivity contribution is -0.128. The van der Waals surface area contributed by atoms with Gasteiger partial charge in [0.25, 0.3) is 0 Å². The zero-order chi connectivity index (χ0) is 15.1. The van der Waals surface area contributed by atoms with Gasteiger partial charge in [0.05, 0.1) is 6.61 Å². The van der Waals surface area contributed by atoms with Crippen LogP contribution in [0.4, 0.5) is 0 Å². The maximum atomic E-state index is 11.5. The Kier molecular flexibility index (Phi) is 7.02. The molecule has 0 aliphatic rings. The number of rotatable bonds is 7. The summed E-state index contributed by atoms with van der Waals surface area (Å²) in [6, 6.07) is 4.07. The molecule has 112 valence electrons. The minimum absolute atomic E-state index is 0.128. The van der Waals surface area contributed by atoms with Gasteiger partial charge in [0.15, 0.2) is 0 Å². The van der Waals surface area contributed by atoms with Crippen molar-refractivity contribution in [2.75, 3.05) is 27.2 Å². The number of aryl methyl sites for hydroxylation is 1. The van der Waals surface area contributed by atoms with E-state index in [2.05, 4.69) is 15.9 Å². The molecule has 0 unspecified atom stereocenters. The van der Waals surface area contributed by atoms with Gasteiger partial charge in [0, 0.05) is 25.0 Å². The van der Waals surface area contributed by atoms with Crippen LogP contribution in [0.1, 0.15) is 24.0 Å². The van der Waals surface area contributed by atoms with Crippen molar-refractivity contribution in [3.8, 4) is 5.75 Å². The van der Waals surface area contributed by atoms with Crippen molar-refractivity contribution in [1.82, 2.24) is 4.90 Å². The summed E-state index contributed by atoms with van der Waals surface area (Å²) in [7, 11) is 3.53. The average Bonchev–Trinajstić information content (AvgIpc) is 2.36. The molecule has 0 bridgehead atoms. The second kappa shape index (κ2) is 8.27. The molecule has 0 radical (unpaired) electrons. The first-order chi connectivity index (χ1) is 9.45. The van der Waals surface area contributed by atoms with Crippen LogP contribution >= 0.6 is 15.9 Å². The van der Waals surface area contributed by atoms with Crippen LogP contribution in [0.2, 0.25) is 0 Å². The smallest absolute Gasteiger partial charge is 0.222 e. The van der Waals surface area contributed by atoms with E-state index in [1.807, 2.05) is 19.1 Å². The number of hydrogen-bond acceptors (Lipinski definition) is 3. The Hall–Kier alpha value is -1.07. The fraction of sp³-hybridized carbons (Fsp3) is 0.533. The van der Waals surface area contributed by atoms with Crippen molar-refractivity contribution in [1.29, 1.82) is 0 Å². The molecule has 1 amide bonds. The highest BCUT2D eigenvalue weighted by Crippen LogP contribution is 2.28. The summed E-state index contributed by atoms with van der Waals surface area (Å²) >= 11 is 3.49. The van der Waals surface area contributed by atoms with Crippen molar-refractivity contribution in [3.05, 3.63) is 27.7 Å². The molecule has 1 aromatic carbocycles. The standard InChI is InChI=1S/C15H23BrN2O2/c1-11-9-13(16)10-12(6-7-17)15(11)20-8-4-5-14(19)18(2)3/h9-10H,4-8,17H2,1-3H3. The zero-order valence-electron chi connectivity index (χ0n) is 12.4. The number of hydrogen-bond donors (Lipinski definition) is 1. The van der Waals surface area contributed by atoms with Crippen molar-refractivity contribution >= 4 is 21.8 Å². The molecule has 1 rings (SSSR count). The van der Waals surface area contributed by atoms with Crippen molar-refractivity contribution in [2.45, 2.75) is 26.2 Å². The molecule has 0 heterocycles. The van der Waals surface area contributed by atoms with Crippen LogP contribution < -0.4 is 10.5 Å². The largest absolute Gasteiger partial charge is 0.493 e. The van der Waals surface area contributed by atoms with Crippen LogP contribution in [-0.4, -0.2) is 38.1 Å². The van der Waals surface area contributed by atoms with Crippen LogP contribution in [0, 0.1) is 6.92 Å². The highest BCUT2D eigenvalue weighted by atomic mass is 79.9. The summed E-state index contributed by atoms with van der Waals surface area (Å²) in [6.07, 6.45) is 2.01. The number of carbonyl (C=O) groups excluding carboxylic acids is 1. The molecule has 4 nitrogen and oxygen atoms in total. The van der Waals surface area contributed by atoms with Gasteiger partial charge >= 0.3 is 0 Å². The van der Waals surface area contributed by atoms with Gasteiger partial charge in [0.2, 0.25) is 5.91 Å². The predicted molar refractivity (Wildman–Crippen MR) is 85.1 cm³/mol. The van der Waals surface area contributed by atoms with Gasteiger partial charge in [0.1, 0.15) is 5.75 Å². The molecule has 20 heavy (non-hydrogen) atoms. The maximum Gasteiger partial charge on any atom is 0.222 e. The second-order valence-electron chi connectivity index (χ2n) is 4.99. The maximum absolute atomic E-state index is 11.5. The summed E-state index contributed by atoms with van der Waals surface area (Å²) in [5.74, 6) is 1.03. The lowest BCUT2D eigenvalue weighted by Gasteiger charge is -2.15. The molecule has 0 aliphatic carbocycles. The lowest BCUT2D eigenvalue weighted by atomic mass is 10.1. The van der Waals surface area contributed by atoms with Gasteiger partial charge < -0.3 is 15.4 Å². The monoisotopic (exact) mass is 342 g/mol. The first-order valence-corrected chi connectivity index (χ1v) is 7.57. The Balaban J connectivity index is 2.61. The molecular weight excluding hydrogens is 320 g/mol. The van der Waals surface area contributed by atoms with Crippen LogP contribution in [0.3, 0.4) is 0 Å². The number of nitrogens with two attached hydrogens (primary N) is 1. The third kappa shape index (κ3) is 5.13. The van der Waals surface area contributed by atoms with Crippen molar-refractivity contribution < 1.29 is 9.53 Å². The van der Waals surface area contributed by atoms with E-state index >= 15 is 0 Å². The highest BCUT2D eigenvalue weighted by Gasteiger charge is 2.09. The molecular formula is C15H23BrN2O2. The number of nitrogens with zero attached hydrogens (tertiary/aromatic N) is 1. The molecule has 0 saturated heterocycles. The number of ether oxygens (including phenoxy) is 1. The number of amides is 1. The van der Waals surface area contributed by atoms with E-state index in [4.69, 9.17) is 10.5 Å². The molecule has 2 N–H and O–H groups in total. The minimum Gasteiger partial charge on any atom is -0.493 e. The topological polar surface area (TPSA) is 55.6 Å². The molecule has 5 heteroatoms. The molecule has 0 fully saturated rings. The Morgan fingerprint density at radius 2 is 2.10 bits per heavy atom. The van der Waals surface area contributed by atoms with E-state index in [1.165, 1.54) is 0 Å². The summed E-state index contributed by atoms with van der Waals surface area (Å²) in [5, 5.41) is 0. The Morgan fingerprint density at radius 1 is 1.40 bits per heavy atom. The van der Waals surface area contributed by atoms with Gasteiger partial charge in [-0.2, -0.15) is 0 Å². The third-order valence-corrected chi connectivity index (χ3v) is 3.47. The second-order valence-corrected chi connectivity index (χ2v) is 5.91. The fourth-order valence-corrected chi connectivity index (χ4v) is 2.59. The summed E-state index contributed by atoms with van der Waals surface area (Å²) in [6.45, 7) is 3.15. The highest BCUT2D eigenvalue weighted by molar-refractivity contribution is 9.10. The summed E-state index contributed by atoms with van der Waals surface area (Å²) < 4.78 is 6.89. The normalized spacial score (nSPS) is 10.4. The van der Waals surface area contributed by atoms with E-state index in [1.54, 1.807) is 19.0 Å². The van der Waals surface area contributed by atoms with Gasteiger partial charge in [-0.25, -0.2) is 0 Å². The molecule has 0 saturated carbocycles. The van der Waals surface area contributed by atoms with Gasteiger partial charge in [-0.3, -0.25) is 4.79 Å². The number of benzene rings is 1. The summed E-state index contributed by atoms with van der Waals surface area (Å²) in [4.78, 5) is 13.1. The Morgan fingerprint density at radius 3 is 2.70 bits per heavy atom. The molecule has 0 atom stereocenters. The lowest BCUT2D eigenvalue weighted by Crippen LogP contribution is -2.21. The van der Waals surface area contributed by atoms with E-state index in [-0.39, 0.29) is 5.91 Å². The number of halogens is 1. The van der Waals surface area contributed by atoms with Crippen LogP contribution in [-0.2, 0) is 11.2 Å². The van der Waals surface area contributed by atoms with E-state index in [0.29, 0.717) is 26.0 Å². The quantitative estimate of drug-likeness (QED) is 0.774. The van der Waals surface area contributed by atoms with Crippen LogP contribution in [0.5, 0.6) is 5.75 Å². The third-order valence-electron chi connectivity index (χ3n) is 3.01. The number of carbonyl (C=O) groups is 1. The van der Waals surface area contributed by atoms with E-state index in [9.17, 15) is 4.79 Å². The van der Waals surface area contributed by atoms with E-state index < -0.39 is 0 Å². The van der Waals surface area contributed by atoms with Crippen LogP contribution in [0.25, 0.3) is 0 Å². The Labute approximate surface area is 129 Å². The minimum atomic E-state index is 0.128. The van der Waals surface area contributed by atoms with Crippen molar-refractivity contribution in [3.63, 3.8) is 0 Å². The van der Waals surface area contributed by atoms with Gasteiger partial charge in [-0.15, -0.1) is 0 Å². The molecule has 1 aromatic rings. The zero-order valence-corrected chi connectivity index (χ0v) is 14.0. The van der Waals surface area contributed by atoms with Gasteiger partial charge in [-0.1, -0.05) is 15.9 Å². The molecule has 0 aliphatic heterocycles. The van der Waals surface area contributed by atoms with E-state index in [0.717, 1.165) is 27.8 Å². The van der Waals surface area contributed by atoms with Crippen molar-refractivity contribution in [2.24, 2.45) is 5.73 Å². The SMILES string of the molecule is Cc1cc(Br)cc(CCN)c1OCCCC(=O)N(C)C. The summed E-state index contributed by atoms with van der Waals surface area (Å²) in [5.41, 5.74) is 7.83. The first kappa shape index (κ1) is 17.0. The molecule has 0 spiro atoms. The predicted octanol–water partition coefficient (Wildman–Crippen LogP) is 2.51.